The molecule has 1 aromatic heterocycles. The van der Waals surface area contributed by atoms with Crippen LogP contribution in [-0.2, 0) is 10.1 Å². The molecule has 0 radical (unpaired) electrons. The molecular formula is C17H14O6S. The molecule has 6 nitrogen and oxygen atoms in total. The summed E-state index contributed by atoms with van der Waals surface area (Å²) >= 11 is 0. The van der Waals surface area contributed by atoms with E-state index in [1.54, 1.807) is 13.0 Å². The van der Waals surface area contributed by atoms with Crippen LogP contribution in [0.15, 0.2) is 62.6 Å². The number of fused-ring (bicyclic) bond motifs is 1. The van der Waals surface area contributed by atoms with Gasteiger partial charge in [0.2, 0.25) is 0 Å². The summed E-state index contributed by atoms with van der Waals surface area (Å²) < 4.78 is 39.8. The van der Waals surface area contributed by atoms with E-state index in [4.69, 9.17) is 13.3 Å². The minimum Gasteiger partial charge on any atom is -0.497 e. The van der Waals surface area contributed by atoms with Gasteiger partial charge in [-0.3, -0.25) is 0 Å². The van der Waals surface area contributed by atoms with Gasteiger partial charge in [-0.15, -0.1) is 0 Å². The van der Waals surface area contributed by atoms with Crippen LogP contribution in [0.2, 0.25) is 0 Å². The Morgan fingerprint density at radius 3 is 2.29 bits per heavy atom. The summed E-state index contributed by atoms with van der Waals surface area (Å²) in [5.41, 5.74) is 0.503. The van der Waals surface area contributed by atoms with Crippen molar-refractivity contribution in [3.05, 3.63) is 64.5 Å². The van der Waals surface area contributed by atoms with Crippen molar-refractivity contribution in [2.45, 2.75) is 11.8 Å². The average molecular weight is 346 g/mol. The fraction of sp³-hybridized carbons (Fsp3) is 0.118. The standard InChI is InChI=1S/C17H14O6S/c1-11-9-17(18)22-16-10-13(5-8-15(11)16)23-24(19,20)14-6-3-12(21-2)4-7-14/h3-10H,1-2H3. The van der Waals surface area contributed by atoms with Gasteiger partial charge in [0.15, 0.2) is 0 Å². The summed E-state index contributed by atoms with van der Waals surface area (Å²) in [6, 6.07) is 11.7. The van der Waals surface area contributed by atoms with Crippen LogP contribution in [-0.4, -0.2) is 15.5 Å². The summed E-state index contributed by atoms with van der Waals surface area (Å²) in [5, 5.41) is 0.712. The quantitative estimate of drug-likeness (QED) is 0.534. The summed E-state index contributed by atoms with van der Waals surface area (Å²) in [6.07, 6.45) is 0. The predicted molar refractivity (Wildman–Crippen MR) is 88.0 cm³/mol. The van der Waals surface area contributed by atoms with Gasteiger partial charge in [-0.2, -0.15) is 8.42 Å². The maximum absolute atomic E-state index is 12.3. The van der Waals surface area contributed by atoms with E-state index >= 15 is 0 Å². The number of methoxy groups -OCH3 is 1. The van der Waals surface area contributed by atoms with E-state index in [-0.39, 0.29) is 16.2 Å². The van der Waals surface area contributed by atoms with Crippen LogP contribution < -0.4 is 14.5 Å². The number of hydrogen-bond donors (Lipinski definition) is 0. The van der Waals surface area contributed by atoms with Crippen LogP contribution in [0.4, 0.5) is 0 Å². The molecule has 0 fully saturated rings. The van der Waals surface area contributed by atoms with E-state index in [1.165, 1.54) is 49.6 Å². The summed E-state index contributed by atoms with van der Waals surface area (Å²) in [4.78, 5) is 11.4. The third-order valence-electron chi connectivity index (χ3n) is 3.48. The van der Waals surface area contributed by atoms with Crippen molar-refractivity contribution in [3.63, 3.8) is 0 Å². The molecule has 0 atom stereocenters. The van der Waals surface area contributed by atoms with Gasteiger partial charge in [-0.05, 0) is 48.9 Å². The van der Waals surface area contributed by atoms with Crippen molar-refractivity contribution in [1.29, 1.82) is 0 Å². The molecule has 0 unspecified atom stereocenters. The zero-order chi connectivity index (χ0) is 17.3. The third-order valence-corrected chi connectivity index (χ3v) is 4.74. The van der Waals surface area contributed by atoms with Crippen LogP contribution in [0.25, 0.3) is 11.0 Å². The van der Waals surface area contributed by atoms with Crippen LogP contribution in [0, 0.1) is 6.92 Å². The molecule has 0 aliphatic rings. The number of aryl methyl sites for hydroxylation is 1. The van der Waals surface area contributed by atoms with Crippen molar-refractivity contribution >= 4 is 21.1 Å². The van der Waals surface area contributed by atoms with E-state index < -0.39 is 15.7 Å². The molecule has 0 N–H and O–H groups in total. The number of rotatable bonds is 4. The Kier molecular flexibility index (Phi) is 4.02. The SMILES string of the molecule is COc1ccc(S(=O)(=O)Oc2ccc3c(C)cc(=O)oc3c2)cc1. The monoisotopic (exact) mass is 346 g/mol. The lowest BCUT2D eigenvalue weighted by Crippen LogP contribution is -2.09. The highest BCUT2D eigenvalue weighted by Gasteiger charge is 2.17. The second-order valence-electron chi connectivity index (χ2n) is 5.12. The third kappa shape index (κ3) is 3.11. The molecule has 24 heavy (non-hydrogen) atoms. The Morgan fingerprint density at radius 1 is 0.958 bits per heavy atom. The number of hydrogen-bond acceptors (Lipinski definition) is 6. The fourth-order valence-corrected chi connectivity index (χ4v) is 3.20. The first-order chi connectivity index (χ1) is 11.4. The van der Waals surface area contributed by atoms with Crippen LogP contribution in [0.1, 0.15) is 5.56 Å². The Morgan fingerprint density at radius 2 is 1.62 bits per heavy atom. The predicted octanol–water partition coefficient (Wildman–Crippen LogP) is 2.88. The van der Waals surface area contributed by atoms with E-state index in [9.17, 15) is 13.2 Å². The van der Waals surface area contributed by atoms with Crippen molar-refractivity contribution in [2.24, 2.45) is 0 Å². The second-order valence-corrected chi connectivity index (χ2v) is 6.67. The molecule has 124 valence electrons. The van der Waals surface area contributed by atoms with Crippen LogP contribution in [0.5, 0.6) is 11.5 Å². The average Bonchev–Trinajstić information content (AvgIpc) is 2.54. The number of benzene rings is 2. The molecular weight excluding hydrogens is 332 g/mol. The van der Waals surface area contributed by atoms with Gasteiger partial charge in [0.25, 0.3) is 0 Å². The van der Waals surface area contributed by atoms with Crippen LogP contribution >= 0.6 is 0 Å². The molecule has 0 spiro atoms. The van der Waals surface area contributed by atoms with Gasteiger partial charge >= 0.3 is 15.7 Å². The molecule has 3 aromatic rings. The minimum absolute atomic E-state index is 0.00547. The van der Waals surface area contributed by atoms with Crippen molar-refractivity contribution < 1.29 is 21.8 Å². The zero-order valence-corrected chi connectivity index (χ0v) is 13.8. The summed E-state index contributed by atoms with van der Waals surface area (Å²) in [6.45, 7) is 1.77. The summed E-state index contributed by atoms with van der Waals surface area (Å²) in [7, 11) is -2.51. The van der Waals surface area contributed by atoms with E-state index in [1.807, 2.05) is 0 Å². The van der Waals surface area contributed by atoms with Gasteiger partial charge in [0.1, 0.15) is 22.0 Å². The first-order valence-electron chi connectivity index (χ1n) is 7.02. The van der Waals surface area contributed by atoms with E-state index in [2.05, 4.69) is 0 Å². The summed E-state index contributed by atoms with van der Waals surface area (Å²) in [5.74, 6) is 0.601. The van der Waals surface area contributed by atoms with Crippen LogP contribution in [0.3, 0.4) is 0 Å². The van der Waals surface area contributed by atoms with E-state index in [0.29, 0.717) is 11.1 Å². The van der Waals surface area contributed by atoms with E-state index in [0.717, 1.165) is 5.56 Å². The molecule has 0 saturated carbocycles. The molecule has 7 heteroatoms. The topological polar surface area (TPSA) is 82.8 Å². The lowest BCUT2D eigenvalue weighted by atomic mass is 10.1. The van der Waals surface area contributed by atoms with Crippen molar-refractivity contribution in [2.75, 3.05) is 7.11 Å². The molecule has 1 heterocycles. The molecule has 0 aliphatic heterocycles. The molecule has 3 rings (SSSR count). The highest BCUT2D eigenvalue weighted by molar-refractivity contribution is 7.87. The highest BCUT2D eigenvalue weighted by Crippen LogP contribution is 2.25. The normalized spacial score (nSPS) is 11.4. The van der Waals surface area contributed by atoms with Gasteiger partial charge in [0.05, 0.1) is 7.11 Å². The maximum Gasteiger partial charge on any atom is 0.339 e. The zero-order valence-electron chi connectivity index (χ0n) is 13.0. The maximum atomic E-state index is 12.3. The number of ether oxygens (including phenoxy) is 1. The molecule has 0 aliphatic carbocycles. The Labute approximate surface area is 138 Å². The molecule has 0 bridgehead atoms. The fourth-order valence-electron chi connectivity index (χ4n) is 2.27. The first kappa shape index (κ1) is 16.1. The van der Waals surface area contributed by atoms with Gasteiger partial charge in [0, 0.05) is 17.5 Å². The Balaban J connectivity index is 1.97. The van der Waals surface area contributed by atoms with Crippen molar-refractivity contribution in [1.82, 2.24) is 0 Å². The Hall–Kier alpha value is -2.80. The van der Waals surface area contributed by atoms with Gasteiger partial charge in [-0.25, -0.2) is 4.79 Å². The first-order valence-corrected chi connectivity index (χ1v) is 8.43. The largest absolute Gasteiger partial charge is 0.497 e. The second kappa shape index (κ2) is 6.01. The lowest BCUT2D eigenvalue weighted by Gasteiger charge is -2.08. The molecule has 0 saturated heterocycles. The molecule has 0 amide bonds. The lowest BCUT2D eigenvalue weighted by molar-refractivity contribution is 0.414. The van der Waals surface area contributed by atoms with Gasteiger partial charge in [-0.1, -0.05) is 0 Å². The van der Waals surface area contributed by atoms with Crippen molar-refractivity contribution in [3.8, 4) is 11.5 Å². The Bertz CT molecular complexity index is 1050. The smallest absolute Gasteiger partial charge is 0.339 e. The highest BCUT2D eigenvalue weighted by atomic mass is 32.2. The minimum atomic E-state index is -4.00. The van der Waals surface area contributed by atoms with Gasteiger partial charge < -0.3 is 13.3 Å². The molecule has 2 aromatic carbocycles.